The van der Waals surface area contributed by atoms with E-state index in [1.807, 2.05) is 12.1 Å². The zero-order valence-electron chi connectivity index (χ0n) is 11.7. The summed E-state index contributed by atoms with van der Waals surface area (Å²) in [5, 5.41) is 0. The highest BCUT2D eigenvalue weighted by molar-refractivity contribution is 5.86. The first kappa shape index (κ1) is 15.8. The predicted octanol–water partition coefficient (Wildman–Crippen LogP) is 1.93. The molecule has 5 heteroatoms. The molecule has 0 unspecified atom stereocenters. The largest absolute Gasteiger partial charge is 0.493 e. The lowest BCUT2D eigenvalue weighted by molar-refractivity contribution is -0.143. The van der Waals surface area contributed by atoms with E-state index in [0.717, 1.165) is 11.6 Å². The molecule has 0 bridgehead atoms. The molecule has 0 spiro atoms. The zero-order valence-corrected chi connectivity index (χ0v) is 11.7. The number of benzene rings is 1. The van der Waals surface area contributed by atoms with Crippen LogP contribution in [0.15, 0.2) is 30.9 Å². The van der Waals surface area contributed by atoms with E-state index in [9.17, 15) is 9.59 Å². The second kappa shape index (κ2) is 7.99. The number of hydrogen-bond donors (Lipinski definition) is 0. The minimum absolute atomic E-state index is 0.144. The molecule has 0 aliphatic rings. The third-order valence-electron chi connectivity index (χ3n) is 2.68. The fourth-order valence-electron chi connectivity index (χ4n) is 1.60. The normalized spacial score (nSPS) is 9.70. The van der Waals surface area contributed by atoms with Gasteiger partial charge in [0.05, 0.1) is 14.2 Å². The fraction of sp³-hybridized carbons (Fsp3) is 0.333. The van der Waals surface area contributed by atoms with Crippen molar-refractivity contribution in [2.75, 3.05) is 20.8 Å². The number of carbonyl (C=O) groups excluding carboxylic acids is 2. The van der Waals surface area contributed by atoms with E-state index < -0.39 is 5.97 Å². The molecule has 0 radical (unpaired) electrons. The van der Waals surface area contributed by atoms with Crippen molar-refractivity contribution in [3.05, 3.63) is 36.4 Å². The van der Waals surface area contributed by atoms with E-state index in [4.69, 9.17) is 9.47 Å². The monoisotopic (exact) mass is 278 g/mol. The highest BCUT2D eigenvalue weighted by Crippen LogP contribution is 2.27. The van der Waals surface area contributed by atoms with E-state index in [1.165, 1.54) is 0 Å². The number of hydrogen-bond acceptors (Lipinski definition) is 5. The Hall–Kier alpha value is -2.30. The first-order valence-electron chi connectivity index (χ1n) is 6.12. The standard InChI is InChI=1S/C15H18O5/c1-4-15(17)20-10-12(16)7-5-11-6-8-13(18-2)14(9-11)19-3/h4,6,8-9H,1,5,7,10H2,2-3H3. The molecule has 0 fully saturated rings. The van der Waals surface area contributed by atoms with Crippen molar-refractivity contribution in [3.8, 4) is 11.5 Å². The van der Waals surface area contributed by atoms with E-state index in [2.05, 4.69) is 11.3 Å². The molecule has 0 aliphatic carbocycles. The molecule has 0 aromatic heterocycles. The van der Waals surface area contributed by atoms with Crippen LogP contribution in [-0.2, 0) is 20.7 Å². The van der Waals surface area contributed by atoms with E-state index in [-0.39, 0.29) is 12.4 Å². The molecular formula is C15H18O5. The average molecular weight is 278 g/mol. The number of Topliss-reactive ketones (excluding diaryl/α,β-unsaturated/α-hetero) is 1. The highest BCUT2D eigenvalue weighted by atomic mass is 16.5. The molecule has 0 atom stereocenters. The Morgan fingerprint density at radius 3 is 2.50 bits per heavy atom. The van der Waals surface area contributed by atoms with Gasteiger partial charge >= 0.3 is 5.97 Å². The highest BCUT2D eigenvalue weighted by Gasteiger charge is 2.08. The lowest BCUT2D eigenvalue weighted by Gasteiger charge is -2.09. The molecule has 5 nitrogen and oxygen atoms in total. The van der Waals surface area contributed by atoms with Crippen molar-refractivity contribution >= 4 is 11.8 Å². The maximum Gasteiger partial charge on any atom is 0.330 e. The summed E-state index contributed by atoms with van der Waals surface area (Å²) in [4.78, 5) is 22.4. The van der Waals surface area contributed by atoms with Crippen LogP contribution < -0.4 is 9.47 Å². The minimum Gasteiger partial charge on any atom is -0.493 e. The van der Waals surface area contributed by atoms with Gasteiger partial charge in [0.1, 0.15) is 6.61 Å². The summed E-state index contributed by atoms with van der Waals surface area (Å²) in [6.45, 7) is 3.03. The molecule has 0 N–H and O–H groups in total. The Morgan fingerprint density at radius 2 is 1.90 bits per heavy atom. The van der Waals surface area contributed by atoms with Crippen LogP contribution in [0.25, 0.3) is 0 Å². The first-order chi connectivity index (χ1) is 9.60. The molecule has 0 saturated carbocycles. The maximum absolute atomic E-state index is 11.5. The number of ether oxygens (including phenoxy) is 3. The summed E-state index contributed by atoms with van der Waals surface area (Å²) < 4.78 is 15.0. The van der Waals surface area contributed by atoms with Crippen LogP contribution in [0.5, 0.6) is 11.5 Å². The molecule has 20 heavy (non-hydrogen) atoms. The second-order valence-corrected chi connectivity index (χ2v) is 4.04. The molecule has 1 rings (SSSR count). The molecule has 0 aliphatic heterocycles. The van der Waals surface area contributed by atoms with Crippen LogP contribution in [0.2, 0.25) is 0 Å². The van der Waals surface area contributed by atoms with Gasteiger partial charge in [-0.2, -0.15) is 0 Å². The summed E-state index contributed by atoms with van der Waals surface area (Å²) in [5.74, 6) is 0.525. The Bertz CT molecular complexity index is 493. The van der Waals surface area contributed by atoms with Crippen molar-refractivity contribution in [3.63, 3.8) is 0 Å². The van der Waals surface area contributed by atoms with E-state index >= 15 is 0 Å². The van der Waals surface area contributed by atoms with Crippen LogP contribution in [0, 0.1) is 0 Å². The van der Waals surface area contributed by atoms with Crippen LogP contribution in [0.3, 0.4) is 0 Å². The van der Waals surface area contributed by atoms with E-state index in [1.54, 1.807) is 20.3 Å². The molecule has 1 aromatic carbocycles. The fourth-order valence-corrected chi connectivity index (χ4v) is 1.60. The lowest BCUT2D eigenvalue weighted by Crippen LogP contribution is -2.12. The minimum atomic E-state index is -0.593. The molecule has 0 saturated heterocycles. The first-order valence-corrected chi connectivity index (χ1v) is 6.12. The zero-order chi connectivity index (χ0) is 15.0. The van der Waals surface area contributed by atoms with Gasteiger partial charge in [0.15, 0.2) is 17.3 Å². The number of methoxy groups -OCH3 is 2. The Morgan fingerprint density at radius 1 is 1.20 bits per heavy atom. The molecular weight excluding hydrogens is 260 g/mol. The Labute approximate surface area is 118 Å². The molecule has 0 amide bonds. The van der Waals surface area contributed by atoms with Gasteiger partial charge in [0, 0.05) is 12.5 Å². The van der Waals surface area contributed by atoms with Crippen molar-refractivity contribution in [1.82, 2.24) is 0 Å². The van der Waals surface area contributed by atoms with Crippen molar-refractivity contribution in [1.29, 1.82) is 0 Å². The van der Waals surface area contributed by atoms with Crippen molar-refractivity contribution in [2.24, 2.45) is 0 Å². The summed E-state index contributed by atoms with van der Waals surface area (Å²) >= 11 is 0. The van der Waals surface area contributed by atoms with Gasteiger partial charge in [-0.25, -0.2) is 4.79 Å². The third kappa shape index (κ3) is 4.76. The molecule has 0 heterocycles. The van der Waals surface area contributed by atoms with Gasteiger partial charge in [-0.15, -0.1) is 0 Å². The quantitative estimate of drug-likeness (QED) is 0.537. The van der Waals surface area contributed by atoms with Gasteiger partial charge in [0.2, 0.25) is 0 Å². The SMILES string of the molecule is C=CC(=O)OCC(=O)CCc1ccc(OC)c(OC)c1. The second-order valence-electron chi connectivity index (χ2n) is 4.04. The summed E-state index contributed by atoms with van der Waals surface area (Å²) in [5.41, 5.74) is 0.950. The van der Waals surface area contributed by atoms with Crippen molar-refractivity contribution < 1.29 is 23.8 Å². The molecule has 108 valence electrons. The van der Waals surface area contributed by atoms with Gasteiger partial charge < -0.3 is 14.2 Å². The van der Waals surface area contributed by atoms with Crippen LogP contribution >= 0.6 is 0 Å². The van der Waals surface area contributed by atoms with Gasteiger partial charge in [0.25, 0.3) is 0 Å². The number of esters is 1. The van der Waals surface area contributed by atoms with Crippen LogP contribution in [0.1, 0.15) is 12.0 Å². The van der Waals surface area contributed by atoms with E-state index in [0.29, 0.717) is 24.3 Å². The number of ketones is 1. The Kier molecular flexibility index (Phi) is 6.29. The van der Waals surface area contributed by atoms with Gasteiger partial charge in [-0.3, -0.25) is 4.79 Å². The third-order valence-corrected chi connectivity index (χ3v) is 2.68. The van der Waals surface area contributed by atoms with Gasteiger partial charge in [-0.1, -0.05) is 12.6 Å². The smallest absolute Gasteiger partial charge is 0.330 e. The average Bonchev–Trinajstić information content (AvgIpc) is 2.49. The predicted molar refractivity (Wildman–Crippen MR) is 74.0 cm³/mol. The van der Waals surface area contributed by atoms with Crippen LogP contribution in [-0.4, -0.2) is 32.6 Å². The summed E-state index contributed by atoms with van der Waals surface area (Å²) in [7, 11) is 3.12. The van der Waals surface area contributed by atoms with Crippen LogP contribution in [0.4, 0.5) is 0 Å². The topological polar surface area (TPSA) is 61.8 Å². The Balaban J connectivity index is 2.51. The summed E-state index contributed by atoms with van der Waals surface area (Å²) in [6.07, 6.45) is 1.87. The number of rotatable bonds is 8. The number of carbonyl (C=O) groups is 2. The molecule has 1 aromatic rings. The van der Waals surface area contributed by atoms with Gasteiger partial charge in [-0.05, 0) is 24.1 Å². The maximum atomic E-state index is 11.5. The summed E-state index contributed by atoms with van der Waals surface area (Å²) in [6, 6.07) is 5.47. The number of aryl methyl sites for hydroxylation is 1. The van der Waals surface area contributed by atoms with Crippen molar-refractivity contribution in [2.45, 2.75) is 12.8 Å². The lowest BCUT2D eigenvalue weighted by atomic mass is 10.1.